The van der Waals surface area contributed by atoms with Crippen molar-refractivity contribution < 1.29 is 19.3 Å². The van der Waals surface area contributed by atoms with Gasteiger partial charge in [-0.05, 0) is 13.3 Å². The zero-order valence-corrected chi connectivity index (χ0v) is 13.3. The van der Waals surface area contributed by atoms with E-state index in [0.717, 1.165) is 5.69 Å². The predicted molar refractivity (Wildman–Crippen MR) is 82.3 cm³/mol. The highest BCUT2D eigenvalue weighted by atomic mass is 16.3. The molecule has 2 aliphatic heterocycles. The Morgan fingerprint density at radius 2 is 2.22 bits per heavy atom. The third-order valence-corrected chi connectivity index (χ3v) is 4.17. The van der Waals surface area contributed by atoms with Gasteiger partial charge in [-0.25, -0.2) is 13.9 Å². The van der Waals surface area contributed by atoms with Gasteiger partial charge in [0, 0.05) is 20.2 Å². The van der Waals surface area contributed by atoms with Crippen LogP contribution in [-0.2, 0) is 11.3 Å². The second kappa shape index (κ2) is 5.62. The first-order chi connectivity index (χ1) is 11.0. The molecule has 0 radical (unpaired) electrons. The summed E-state index contributed by atoms with van der Waals surface area (Å²) in [5, 5.41) is 8.97. The maximum Gasteiger partial charge on any atom is 0.402 e. The van der Waals surface area contributed by atoms with Crippen molar-refractivity contribution in [2.75, 3.05) is 20.2 Å². The van der Waals surface area contributed by atoms with Crippen LogP contribution in [0.5, 0.6) is 0 Å². The summed E-state index contributed by atoms with van der Waals surface area (Å²) in [6.45, 7) is 6.39. The summed E-state index contributed by atoms with van der Waals surface area (Å²) in [7, 11) is 1.61. The highest BCUT2D eigenvalue weighted by Gasteiger charge is 2.52. The van der Waals surface area contributed by atoms with Crippen molar-refractivity contribution in [2.45, 2.75) is 25.9 Å². The standard InChI is InChI=1S/C15H20N5O3/c1-4-6-18-10(2)9-20-11-12(16-14(18)20)17(3)15(23)19(13(11)22)7-5-8-21/h4,9,11,21H,1,5-8H2,2-3H3/q+1. The van der Waals surface area contributed by atoms with E-state index in [1.807, 2.05) is 17.7 Å². The molecular formula is C15H20N5O3+. The van der Waals surface area contributed by atoms with E-state index in [2.05, 4.69) is 11.6 Å². The smallest absolute Gasteiger partial charge is 0.396 e. The molecule has 0 bridgehead atoms. The molecule has 122 valence electrons. The Morgan fingerprint density at radius 3 is 2.87 bits per heavy atom. The number of fused-ring (bicyclic) bond motifs is 3. The minimum Gasteiger partial charge on any atom is -0.396 e. The third kappa shape index (κ3) is 2.17. The van der Waals surface area contributed by atoms with Gasteiger partial charge in [-0.3, -0.25) is 14.6 Å². The Bertz CT molecular complexity index is 721. The number of amidine groups is 1. The lowest BCUT2D eigenvalue weighted by Gasteiger charge is -2.32. The number of aliphatic hydroxyl groups excluding tert-OH is 1. The van der Waals surface area contributed by atoms with Crippen LogP contribution in [-0.4, -0.2) is 57.4 Å². The van der Waals surface area contributed by atoms with Gasteiger partial charge in [-0.2, -0.15) is 0 Å². The van der Waals surface area contributed by atoms with Gasteiger partial charge in [0.05, 0.1) is 6.54 Å². The zero-order valence-electron chi connectivity index (χ0n) is 13.3. The van der Waals surface area contributed by atoms with E-state index in [9.17, 15) is 9.59 Å². The molecule has 0 spiro atoms. The molecule has 1 saturated heterocycles. The quantitative estimate of drug-likeness (QED) is 0.619. The molecular weight excluding hydrogens is 298 g/mol. The van der Waals surface area contributed by atoms with Gasteiger partial charge in [0.15, 0.2) is 0 Å². The van der Waals surface area contributed by atoms with Crippen molar-refractivity contribution >= 4 is 23.7 Å². The summed E-state index contributed by atoms with van der Waals surface area (Å²) in [6.07, 6.45) is 3.99. The fourth-order valence-corrected chi connectivity index (χ4v) is 3.02. The molecule has 1 atom stereocenters. The number of aliphatic imine (C=N–C) groups is 1. The molecule has 1 aromatic heterocycles. The lowest BCUT2D eigenvalue weighted by molar-refractivity contribution is -0.677. The van der Waals surface area contributed by atoms with Gasteiger partial charge in [-0.1, -0.05) is 17.6 Å². The van der Waals surface area contributed by atoms with Crippen molar-refractivity contribution in [3.8, 4) is 0 Å². The summed E-state index contributed by atoms with van der Waals surface area (Å²) in [5.41, 5.74) is 0.969. The van der Waals surface area contributed by atoms with Crippen LogP contribution in [0.3, 0.4) is 0 Å². The van der Waals surface area contributed by atoms with Gasteiger partial charge in [0.1, 0.15) is 11.9 Å². The topological polar surface area (TPSA) is 82.0 Å². The number of aliphatic hydroxyl groups is 1. The van der Waals surface area contributed by atoms with Gasteiger partial charge in [0.2, 0.25) is 11.9 Å². The van der Waals surface area contributed by atoms with Gasteiger partial charge < -0.3 is 5.11 Å². The van der Waals surface area contributed by atoms with E-state index in [4.69, 9.17) is 5.11 Å². The number of nitrogens with zero attached hydrogens (tertiary/aromatic N) is 5. The molecule has 1 aromatic rings. The predicted octanol–water partition coefficient (Wildman–Crippen LogP) is 0.131. The Hall–Kier alpha value is -2.48. The number of aromatic nitrogens is 2. The molecule has 3 rings (SSSR count). The maximum absolute atomic E-state index is 12.8. The lowest BCUT2D eigenvalue weighted by Crippen LogP contribution is -2.62. The van der Waals surface area contributed by atoms with Crippen LogP contribution in [0.2, 0.25) is 0 Å². The van der Waals surface area contributed by atoms with Crippen LogP contribution in [0.15, 0.2) is 23.8 Å². The Morgan fingerprint density at radius 1 is 1.48 bits per heavy atom. The molecule has 0 aromatic carbocycles. The molecule has 1 unspecified atom stereocenters. The zero-order chi connectivity index (χ0) is 16.7. The summed E-state index contributed by atoms with van der Waals surface area (Å²) >= 11 is 0. The molecule has 1 N–H and O–H groups in total. The molecule has 8 heteroatoms. The van der Waals surface area contributed by atoms with Crippen molar-refractivity contribution in [3.63, 3.8) is 0 Å². The number of urea groups is 1. The first kappa shape index (κ1) is 15.4. The maximum atomic E-state index is 12.8. The average Bonchev–Trinajstić information content (AvgIpc) is 3.02. The summed E-state index contributed by atoms with van der Waals surface area (Å²) in [5.74, 6) is 0.771. The van der Waals surface area contributed by atoms with Gasteiger partial charge >= 0.3 is 12.0 Å². The van der Waals surface area contributed by atoms with Gasteiger partial charge in [0.25, 0.3) is 5.91 Å². The Labute approximate surface area is 133 Å². The first-order valence-corrected chi connectivity index (χ1v) is 7.52. The van der Waals surface area contributed by atoms with Crippen LogP contribution < -0.4 is 4.57 Å². The van der Waals surface area contributed by atoms with Crippen molar-refractivity contribution in [3.05, 3.63) is 24.5 Å². The largest absolute Gasteiger partial charge is 0.402 e. The van der Waals surface area contributed by atoms with E-state index >= 15 is 0 Å². The number of imide groups is 1. The summed E-state index contributed by atoms with van der Waals surface area (Å²) in [4.78, 5) is 32.2. The number of hydrogen-bond acceptors (Lipinski definition) is 4. The fourth-order valence-electron chi connectivity index (χ4n) is 3.02. The van der Waals surface area contributed by atoms with Crippen molar-refractivity contribution in [1.82, 2.24) is 14.4 Å². The number of carbonyl (C=O) groups excluding carboxylic acids is 2. The van der Waals surface area contributed by atoms with Crippen molar-refractivity contribution in [2.24, 2.45) is 4.99 Å². The van der Waals surface area contributed by atoms with Crippen LogP contribution >= 0.6 is 0 Å². The molecule has 23 heavy (non-hydrogen) atoms. The number of hydrogen-bond donors (Lipinski definition) is 1. The number of aryl methyl sites for hydroxylation is 1. The number of carbonyl (C=O) groups is 2. The van der Waals surface area contributed by atoms with E-state index < -0.39 is 12.1 Å². The second-order valence-electron chi connectivity index (χ2n) is 5.66. The van der Waals surface area contributed by atoms with E-state index in [1.54, 1.807) is 17.7 Å². The lowest BCUT2D eigenvalue weighted by atomic mass is 10.1. The minimum atomic E-state index is -0.629. The van der Waals surface area contributed by atoms with Gasteiger partial charge in [-0.15, -0.1) is 0 Å². The monoisotopic (exact) mass is 318 g/mol. The average molecular weight is 318 g/mol. The molecule has 0 aliphatic carbocycles. The minimum absolute atomic E-state index is 0.0698. The number of likely N-dealkylation sites (N-methyl/N-ethyl adjacent to an activating group) is 1. The van der Waals surface area contributed by atoms with E-state index in [-0.39, 0.29) is 19.1 Å². The Balaban J connectivity index is 2.04. The van der Waals surface area contributed by atoms with Crippen LogP contribution in [0.4, 0.5) is 10.7 Å². The number of allylic oxidation sites excluding steroid dienone is 1. The number of imidazole rings is 1. The molecule has 1 fully saturated rings. The molecule has 3 amide bonds. The highest BCUT2D eigenvalue weighted by Crippen LogP contribution is 2.29. The van der Waals surface area contributed by atoms with Crippen molar-refractivity contribution in [1.29, 1.82) is 0 Å². The van der Waals surface area contributed by atoms with Crippen LogP contribution in [0, 0.1) is 6.92 Å². The summed E-state index contributed by atoms with van der Waals surface area (Å²) in [6, 6.07) is -1.03. The van der Waals surface area contributed by atoms with Crippen LogP contribution in [0.1, 0.15) is 18.2 Å². The second-order valence-corrected chi connectivity index (χ2v) is 5.66. The number of rotatable bonds is 5. The first-order valence-electron chi connectivity index (χ1n) is 7.52. The van der Waals surface area contributed by atoms with E-state index in [1.165, 1.54) is 9.80 Å². The Kier molecular flexibility index (Phi) is 3.77. The molecule has 8 nitrogen and oxygen atoms in total. The third-order valence-electron chi connectivity index (χ3n) is 4.17. The molecule has 2 aliphatic rings. The molecule has 0 saturated carbocycles. The SMILES string of the molecule is C=CCn1c(C)c[n+]2c1N=C1C2C(=O)N(CCCO)C(=O)N1C. The summed E-state index contributed by atoms with van der Waals surface area (Å²) < 4.78 is 3.74. The van der Waals surface area contributed by atoms with E-state index in [0.29, 0.717) is 24.7 Å². The van der Waals surface area contributed by atoms with Crippen LogP contribution in [0.25, 0.3) is 0 Å². The molecule has 3 heterocycles. The number of amides is 3. The highest BCUT2D eigenvalue weighted by molar-refractivity contribution is 6.19. The fraction of sp³-hybridized carbons (Fsp3) is 0.467. The normalized spacial score (nSPS) is 19.8.